The van der Waals surface area contributed by atoms with Gasteiger partial charge in [0.2, 0.25) is 0 Å². The van der Waals surface area contributed by atoms with E-state index in [1.807, 2.05) is 35.3 Å². The van der Waals surface area contributed by atoms with Crippen LogP contribution in [-0.2, 0) is 11.3 Å². The Kier molecular flexibility index (Phi) is 9.43. The third-order valence-corrected chi connectivity index (χ3v) is 4.47. The van der Waals surface area contributed by atoms with E-state index in [9.17, 15) is 5.11 Å². The molecule has 1 atom stereocenters. The highest BCUT2D eigenvalue weighted by Crippen LogP contribution is 2.14. The maximum Gasteiger partial charge on any atom is 0.118 e. The van der Waals surface area contributed by atoms with Crippen molar-refractivity contribution in [2.45, 2.75) is 39.4 Å². The monoisotopic (exact) mass is 416 g/mol. The third-order valence-electron chi connectivity index (χ3n) is 3.49. The SMILES string of the molecule is COc1ccc(COC/C=C(\C)CC[C@H](O)/C(C)=C/I)cc1. The molecule has 0 fully saturated rings. The van der Waals surface area contributed by atoms with E-state index in [1.165, 1.54) is 5.57 Å². The number of benzene rings is 1. The molecular weight excluding hydrogens is 391 g/mol. The van der Waals surface area contributed by atoms with E-state index in [0.717, 1.165) is 29.7 Å². The number of halogens is 1. The zero-order valence-corrected chi connectivity index (χ0v) is 15.7. The second-order valence-electron chi connectivity index (χ2n) is 5.32. The molecule has 0 saturated carbocycles. The summed E-state index contributed by atoms with van der Waals surface area (Å²) in [6.07, 6.45) is 3.38. The first-order valence-electron chi connectivity index (χ1n) is 7.38. The third kappa shape index (κ3) is 7.42. The van der Waals surface area contributed by atoms with Crippen molar-refractivity contribution < 1.29 is 14.6 Å². The highest BCUT2D eigenvalue weighted by Gasteiger charge is 2.05. The fourth-order valence-corrected chi connectivity index (χ4v) is 2.28. The number of aliphatic hydroxyl groups excluding tert-OH is 1. The van der Waals surface area contributed by atoms with Gasteiger partial charge in [-0.05, 0) is 54.0 Å². The number of aliphatic hydroxyl groups is 1. The molecular formula is C18H25IO3. The molecule has 1 aromatic rings. The maximum absolute atomic E-state index is 9.89. The molecule has 4 heteroatoms. The van der Waals surface area contributed by atoms with Crippen LogP contribution in [-0.4, -0.2) is 24.9 Å². The van der Waals surface area contributed by atoms with Crippen molar-refractivity contribution in [3.63, 3.8) is 0 Å². The van der Waals surface area contributed by atoms with E-state index >= 15 is 0 Å². The van der Waals surface area contributed by atoms with E-state index < -0.39 is 0 Å². The molecule has 0 aliphatic carbocycles. The Morgan fingerprint density at radius 1 is 1.27 bits per heavy atom. The van der Waals surface area contributed by atoms with E-state index in [1.54, 1.807) is 7.11 Å². The molecule has 0 aliphatic heterocycles. The topological polar surface area (TPSA) is 38.7 Å². The standard InChI is InChI=1S/C18H25IO3/c1-14(4-9-18(20)15(2)12-19)10-11-22-13-16-5-7-17(21-3)8-6-16/h5-8,10,12,18,20H,4,9,11,13H2,1-3H3/b14-10+,15-12+/t18-/m0/s1. The summed E-state index contributed by atoms with van der Waals surface area (Å²) in [7, 11) is 1.66. The normalized spacial score (nSPS) is 14.0. The average molecular weight is 416 g/mol. The molecule has 122 valence electrons. The van der Waals surface area contributed by atoms with E-state index in [0.29, 0.717) is 13.2 Å². The van der Waals surface area contributed by atoms with Crippen molar-refractivity contribution >= 4 is 22.6 Å². The van der Waals surface area contributed by atoms with Gasteiger partial charge in [0.15, 0.2) is 0 Å². The molecule has 0 bridgehead atoms. The van der Waals surface area contributed by atoms with Gasteiger partial charge in [0.05, 0.1) is 26.4 Å². The van der Waals surface area contributed by atoms with Crippen molar-refractivity contribution in [1.29, 1.82) is 0 Å². The van der Waals surface area contributed by atoms with Gasteiger partial charge in [-0.2, -0.15) is 0 Å². The minimum atomic E-state index is -0.347. The van der Waals surface area contributed by atoms with E-state index in [4.69, 9.17) is 9.47 Å². The number of ether oxygens (including phenoxy) is 2. The average Bonchev–Trinajstić information content (AvgIpc) is 2.56. The minimum Gasteiger partial charge on any atom is -0.497 e. The highest BCUT2D eigenvalue weighted by atomic mass is 127. The van der Waals surface area contributed by atoms with Gasteiger partial charge in [0.25, 0.3) is 0 Å². The largest absolute Gasteiger partial charge is 0.497 e. The van der Waals surface area contributed by atoms with Crippen molar-refractivity contribution in [2.75, 3.05) is 13.7 Å². The van der Waals surface area contributed by atoms with Gasteiger partial charge >= 0.3 is 0 Å². The molecule has 1 rings (SSSR count). The van der Waals surface area contributed by atoms with Crippen LogP contribution in [0.3, 0.4) is 0 Å². The number of rotatable bonds is 9. The molecule has 22 heavy (non-hydrogen) atoms. The van der Waals surface area contributed by atoms with Gasteiger partial charge in [0.1, 0.15) is 5.75 Å². The van der Waals surface area contributed by atoms with Crippen molar-refractivity contribution in [1.82, 2.24) is 0 Å². The predicted octanol–water partition coefficient (Wildman–Crippen LogP) is 4.64. The summed E-state index contributed by atoms with van der Waals surface area (Å²) in [6.45, 7) is 5.21. The van der Waals surface area contributed by atoms with Gasteiger partial charge in [0, 0.05) is 0 Å². The number of hydrogen-bond donors (Lipinski definition) is 1. The zero-order valence-electron chi connectivity index (χ0n) is 13.5. The predicted molar refractivity (Wildman–Crippen MR) is 99.4 cm³/mol. The highest BCUT2D eigenvalue weighted by molar-refractivity contribution is 14.1. The molecule has 1 aromatic carbocycles. The number of hydrogen-bond acceptors (Lipinski definition) is 3. The summed E-state index contributed by atoms with van der Waals surface area (Å²) in [4.78, 5) is 0. The van der Waals surface area contributed by atoms with Gasteiger partial charge in [-0.1, -0.05) is 46.4 Å². The minimum absolute atomic E-state index is 0.347. The van der Waals surface area contributed by atoms with Crippen LogP contribution in [0.1, 0.15) is 32.3 Å². The Morgan fingerprint density at radius 3 is 2.55 bits per heavy atom. The quantitative estimate of drug-likeness (QED) is 0.362. The van der Waals surface area contributed by atoms with Gasteiger partial charge < -0.3 is 14.6 Å². The van der Waals surface area contributed by atoms with Crippen LogP contribution in [0.2, 0.25) is 0 Å². The number of methoxy groups -OCH3 is 1. The summed E-state index contributed by atoms with van der Waals surface area (Å²) in [5.74, 6) is 0.855. The van der Waals surface area contributed by atoms with Crippen molar-refractivity contribution in [2.24, 2.45) is 0 Å². The molecule has 0 heterocycles. The summed E-state index contributed by atoms with van der Waals surface area (Å²) in [5, 5.41) is 9.89. The molecule has 0 aliphatic rings. The first kappa shape index (κ1) is 19.2. The summed E-state index contributed by atoms with van der Waals surface area (Å²) < 4.78 is 12.7. The van der Waals surface area contributed by atoms with Crippen molar-refractivity contribution in [3.8, 4) is 5.75 Å². The van der Waals surface area contributed by atoms with Gasteiger partial charge in [-0.3, -0.25) is 0 Å². The Bertz CT molecular complexity index is 492. The fourth-order valence-electron chi connectivity index (χ4n) is 1.87. The second kappa shape index (κ2) is 10.8. The van der Waals surface area contributed by atoms with Crippen LogP contribution in [0.25, 0.3) is 0 Å². The fraction of sp³-hybridized carbons (Fsp3) is 0.444. The first-order chi connectivity index (χ1) is 10.6. The summed E-state index contributed by atoms with van der Waals surface area (Å²) in [5.41, 5.74) is 3.39. The molecule has 0 unspecified atom stereocenters. The Balaban J connectivity index is 2.26. The van der Waals surface area contributed by atoms with Crippen LogP contribution in [0, 0.1) is 0 Å². The lowest BCUT2D eigenvalue weighted by Gasteiger charge is -2.10. The zero-order chi connectivity index (χ0) is 16.4. The smallest absolute Gasteiger partial charge is 0.118 e. The Morgan fingerprint density at radius 2 is 1.95 bits per heavy atom. The molecule has 1 N–H and O–H groups in total. The lowest BCUT2D eigenvalue weighted by molar-refractivity contribution is 0.148. The van der Waals surface area contributed by atoms with Crippen LogP contribution in [0.15, 0.2) is 45.6 Å². The van der Waals surface area contributed by atoms with Gasteiger partial charge in [-0.15, -0.1) is 0 Å². The second-order valence-corrected chi connectivity index (χ2v) is 5.94. The van der Waals surface area contributed by atoms with E-state index in [-0.39, 0.29) is 6.10 Å². The number of allylic oxidation sites excluding steroid dienone is 1. The maximum atomic E-state index is 9.89. The molecule has 0 spiro atoms. The lowest BCUT2D eigenvalue weighted by Crippen LogP contribution is -2.07. The molecule has 0 radical (unpaired) electrons. The van der Waals surface area contributed by atoms with Crippen LogP contribution in [0.4, 0.5) is 0 Å². The molecule has 0 aromatic heterocycles. The Labute approximate surface area is 147 Å². The molecule has 3 nitrogen and oxygen atoms in total. The summed E-state index contributed by atoms with van der Waals surface area (Å²) >= 11 is 2.16. The Hall–Kier alpha value is -0.850. The molecule has 0 saturated heterocycles. The molecule has 0 amide bonds. The van der Waals surface area contributed by atoms with Crippen molar-refractivity contribution in [3.05, 3.63) is 51.1 Å². The van der Waals surface area contributed by atoms with Crippen LogP contribution >= 0.6 is 22.6 Å². The van der Waals surface area contributed by atoms with Crippen LogP contribution in [0.5, 0.6) is 5.75 Å². The van der Waals surface area contributed by atoms with Gasteiger partial charge in [-0.25, -0.2) is 0 Å². The summed E-state index contributed by atoms with van der Waals surface area (Å²) in [6, 6.07) is 7.88. The van der Waals surface area contributed by atoms with E-state index in [2.05, 4.69) is 35.6 Å². The van der Waals surface area contributed by atoms with Crippen LogP contribution < -0.4 is 4.74 Å². The first-order valence-corrected chi connectivity index (χ1v) is 8.62. The lowest BCUT2D eigenvalue weighted by atomic mass is 10.0.